The SMILES string of the molecule is Cc1cnc2nc(Cl)cnc2c1. The van der Waals surface area contributed by atoms with E-state index in [9.17, 15) is 0 Å². The van der Waals surface area contributed by atoms with E-state index >= 15 is 0 Å². The smallest absolute Gasteiger partial charge is 0.179 e. The first kappa shape index (κ1) is 7.43. The average Bonchev–Trinajstić information content (AvgIpc) is 2.05. The number of halogens is 1. The maximum atomic E-state index is 5.64. The summed E-state index contributed by atoms with van der Waals surface area (Å²) in [5.41, 5.74) is 2.44. The van der Waals surface area contributed by atoms with Crippen LogP contribution in [0.2, 0.25) is 5.15 Å². The zero-order chi connectivity index (χ0) is 8.55. The van der Waals surface area contributed by atoms with Crippen LogP contribution >= 0.6 is 11.6 Å². The van der Waals surface area contributed by atoms with Gasteiger partial charge < -0.3 is 0 Å². The van der Waals surface area contributed by atoms with Crippen molar-refractivity contribution in [1.29, 1.82) is 0 Å². The van der Waals surface area contributed by atoms with Crippen LogP contribution in [-0.2, 0) is 0 Å². The first-order chi connectivity index (χ1) is 5.75. The highest BCUT2D eigenvalue weighted by atomic mass is 35.5. The zero-order valence-electron chi connectivity index (χ0n) is 6.45. The largest absolute Gasteiger partial charge is 0.250 e. The van der Waals surface area contributed by atoms with Gasteiger partial charge in [0, 0.05) is 6.20 Å². The molecule has 0 aliphatic heterocycles. The van der Waals surface area contributed by atoms with Crippen LogP contribution in [0.4, 0.5) is 0 Å². The van der Waals surface area contributed by atoms with Crippen LogP contribution < -0.4 is 0 Å². The van der Waals surface area contributed by atoms with Gasteiger partial charge in [0.25, 0.3) is 0 Å². The van der Waals surface area contributed by atoms with E-state index in [4.69, 9.17) is 11.6 Å². The molecule has 2 aromatic heterocycles. The molecule has 4 heteroatoms. The second-order valence-corrected chi connectivity index (χ2v) is 2.94. The van der Waals surface area contributed by atoms with Gasteiger partial charge in [-0.05, 0) is 18.6 Å². The number of hydrogen-bond acceptors (Lipinski definition) is 3. The van der Waals surface area contributed by atoms with Crippen LogP contribution in [0, 0.1) is 6.92 Å². The maximum Gasteiger partial charge on any atom is 0.179 e. The van der Waals surface area contributed by atoms with Gasteiger partial charge in [0.05, 0.1) is 6.20 Å². The predicted molar refractivity (Wildman–Crippen MR) is 47.1 cm³/mol. The third-order valence-corrected chi connectivity index (χ3v) is 1.69. The molecular formula is C8H6ClN3. The van der Waals surface area contributed by atoms with E-state index in [0.29, 0.717) is 10.8 Å². The Morgan fingerprint density at radius 2 is 2.08 bits per heavy atom. The van der Waals surface area contributed by atoms with E-state index in [1.807, 2.05) is 13.0 Å². The van der Waals surface area contributed by atoms with Gasteiger partial charge in [0.2, 0.25) is 0 Å². The molecule has 0 atom stereocenters. The number of aryl methyl sites for hydroxylation is 1. The van der Waals surface area contributed by atoms with Crippen molar-refractivity contribution in [2.75, 3.05) is 0 Å². The Labute approximate surface area is 74.4 Å². The molecular weight excluding hydrogens is 174 g/mol. The van der Waals surface area contributed by atoms with Crippen molar-refractivity contribution in [2.24, 2.45) is 0 Å². The second kappa shape index (κ2) is 2.68. The first-order valence-corrected chi connectivity index (χ1v) is 3.88. The normalized spacial score (nSPS) is 10.5. The summed E-state index contributed by atoms with van der Waals surface area (Å²) in [7, 11) is 0. The third-order valence-electron chi connectivity index (χ3n) is 1.51. The van der Waals surface area contributed by atoms with Crippen molar-refractivity contribution in [3.05, 3.63) is 29.2 Å². The molecule has 2 aromatic rings. The van der Waals surface area contributed by atoms with Gasteiger partial charge in [-0.2, -0.15) is 0 Å². The van der Waals surface area contributed by atoms with E-state index in [0.717, 1.165) is 11.1 Å². The van der Waals surface area contributed by atoms with Crippen LogP contribution in [0.1, 0.15) is 5.56 Å². The molecule has 0 fully saturated rings. The minimum Gasteiger partial charge on any atom is -0.250 e. The highest BCUT2D eigenvalue weighted by Gasteiger charge is 1.98. The summed E-state index contributed by atoms with van der Waals surface area (Å²) in [5.74, 6) is 0. The number of nitrogens with zero attached hydrogens (tertiary/aromatic N) is 3. The quantitative estimate of drug-likeness (QED) is 0.621. The van der Waals surface area contributed by atoms with Crippen LogP contribution in [0.5, 0.6) is 0 Å². The van der Waals surface area contributed by atoms with Crippen molar-refractivity contribution >= 4 is 22.8 Å². The molecule has 0 N–H and O–H groups in total. The van der Waals surface area contributed by atoms with Gasteiger partial charge in [-0.1, -0.05) is 11.6 Å². The lowest BCUT2D eigenvalue weighted by Gasteiger charge is -1.96. The molecule has 3 nitrogen and oxygen atoms in total. The van der Waals surface area contributed by atoms with Gasteiger partial charge in [-0.25, -0.2) is 15.0 Å². The predicted octanol–water partition coefficient (Wildman–Crippen LogP) is 1.99. The number of rotatable bonds is 0. The summed E-state index contributed by atoms with van der Waals surface area (Å²) in [4.78, 5) is 12.2. The Bertz CT molecular complexity index is 386. The topological polar surface area (TPSA) is 38.7 Å². The van der Waals surface area contributed by atoms with Crippen LogP contribution in [0.15, 0.2) is 18.5 Å². The Morgan fingerprint density at radius 3 is 2.92 bits per heavy atom. The summed E-state index contributed by atoms with van der Waals surface area (Å²) in [5, 5.41) is 0.374. The highest BCUT2D eigenvalue weighted by Crippen LogP contribution is 2.10. The lowest BCUT2D eigenvalue weighted by atomic mass is 10.3. The molecule has 2 rings (SSSR count). The Balaban J connectivity index is 2.79. The van der Waals surface area contributed by atoms with Crippen LogP contribution in [0.3, 0.4) is 0 Å². The minimum absolute atomic E-state index is 0.374. The van der Waals surface area contributed by atoms with Crippen molar-refractivity contribution in [1.82, 2.24) is 15.0 Å². The fraction of sp³-hybridized carbons (Fsp3) is 0.125. The molecule has 0 spiro atoms. The van der Waals surface area contributed by atoms with Crippen LogP contribution in [-0.4, -0.2) is 15.0 Å². The van der Waals surface area contributed by atoms with Crippen molar-refractivity contribution < 1.29 is 0 Å². The summed E-state index contributed by atoms with van der Waals surface area (Å²) in [6.07, 6.45) is 3.26. The molecule has 0 saturated carbocycles. The van der Waals surface area contributed by atoms with Crippen LogP contribution in [0.25, 0.3) is 11.2 Å². The van der Waals surface area contributed by atoms with E-state index in [1.165, 1.54) is 6.20 Å². The minimum atomic E-state index is 0.374. The summed E-state index contributed by atoms with van der Waals surface area (Å²) >= 11 is 5.64. The molecule has 0 saturated heterocycles. The summed E-state index contributed by atoms with van der Waals surface area (Å²) in [6, 6.07) is 1.92. The van der Waals surface area contributed by atoms with Gasteiger partial charge in [-0.3, -0.25) is 0 Å². The van der Waals surface area contributed by atoms with Gasteiger partial charge in [0.1, 0.15) is 10.7 Å². The van der Waals surface area contributed by atoms with Crippen molar-refractivity contribution in [2.45, 2.75) is 6.92 Å². The fourth-order valence-corrected chi connectivity index (χ4v) is 1.11. The lowest BCUT2D eigenvalue weighted by molar-refractivity contribution is 1.20. The van der Waals surface area contributed by atoms with Gasteiger partial charge >= 0.3 is 0 Å². The molecule has 60 valence electrons. The maximum absolute atomic E-state index is 5.64. The highest BCUT2D eigenvalue weighted by molar-refractivity contribution is 6.29. The molecule has 0 aliphatic rings. The molecule has 0 aliphatic carbocycles. The third kappa shape index (κ3) is 1.23. The molecule has 0 aromatic carbocycles. The molecule has 12 heavy (non-hydrogen) atoms. The zero-order valence-corrected chi connectivity index (χ0v) is 7.21. The Kier molecular flexibility index (Phi) is 1.66. The monoisotopic (exact) mass is 179 g/mol. The van der Waals surface area contributed by atoms with E-state index in [1.54, 1.807) is 6.20 Å². The number of aromatic nitrogens is 3. The van der Waals surface area contributed by atoms with Crippen molar-refractivity contribution in [3.8, 4) is 0 Å². The molecule has 2 heterocycles. The molecule has 0 unspecified atom stereocenters. The first-order valence-electron chi connectivity index (χ1n) is 3.50. The van der Waals surface area contributed by atoms with E-state index < -0.39 is 0 Å². The van der Waals surface area contributed by atoms with Gasteiger partial charge in [-0.15, -0.1) is 0 Å². The molecule has 0 amide bonds. The fourth-order valence-electron chi connectivity index (χ4n) is 0.981. The standard InChI is InChI=1S/C8H6ClN3/c1-5-2-6-8(11-3-5)12-7(9)4-10-6/h2-4H,1H3. The van der Waals surface area contributed by atoms with E-state index in [-0.39, 0.29) is 0 Å². The number of fused-ring (bicyclic) bond motifs is 1. The summed E-state index contributed by atoms with van der Waals surface area (Å²) < 4.78 is 0. The molecule has 0 radical (unpaired) electrons. The summed E-state index contributed by atoms with van der Waals surface area (Å²) in [6.45, 7) is 1.96. The molecule has 0 bridgehead atoms. The van der Waals surface area contributed by atoms with Crippen molar-refractivity contribution in [3.63, 3.8) is 0 Å². The van der Waals surface area contributed by atoms with Gasteiger partial charge in [0.15, 0.2) is 5.65 Å². The lowest BCUT2D eigenvalue weighted by Crippen LogP contribution is -1.88. The Hall–Kier alpha value is -1.22. The Morgan fingerprint density at radius 1 is 1.25 bits per heavy atom. The average molecular weight is 180 g/mol. The number of hydrogen-bond donors (Lipinski definition) is 0. The number of pyridine rings is 1. The second-order valence-electron chi connectivity index (χ2n) is 2.55. The van der Waals surface area contributed by atoms with E-state index in [2.05, 4.69) is 15.0 Å².